The van der Waals surface area contributed by atoms with Gasteiger partial charge in [0.2, 0.25) is 0 Å². The first-order chi connectivity index (χ1) is 15.4. The molecule has 1 aliphatic heterocycles. The van der Waals surface area contributed by atoms with Gasteiger partial charge in [-0.15, -0.1) is 17.8 Å². The van der Waals surface area contributed by atoms with Crippen molar-refractivity contribution >= 4 is 29.0 Å². The fourth-order valence-corrected chi connectivity index (χ4v) is 4.42. The number of carbonyl (C=O) groups excluding carboxylic acids is 2. The molecule has 0 N–H and O–H groups in total. The molecule has 1 aliphatic rings. The van der Waals surface area contributed by atoms with Gasteiger partial charge in [-0.05, 0) is 24.8 Å². The van der Waals surface area contributed by atoms with E-state index in [1.54, 1.807) is 34.4 Å². The second kappa shape index (κ2) is 10.7. The Morgan fingerprint density at radius 3 is 2.66 bits per heavy atom. The summed E-state index contributed by atoms with van der Waals surface area (Å²) in [6.07, 6.45) is 6.81. The van der Waals surface area contributed by atoms with Gasteiger partial charge in [0.25, 0.3) is 11.6 Å². The minimum absolute atomic E-state index is 0.0333. The van der Waals surface area contributed by atoms with Crippen molar-refractivity contribution in [3.05, 3.63) is 56.0 Å². The van der Waals surface area contributed by atoms with Crippen molar-refractivity contribution in [3.63, 3.8) is 0 Å². The van der Waals surface area contributed by atoms with Gasteiger partial charge in [0, 0.05) is 50.1 Å². The first kappa shape index (κ1) is 23.2. The van der Waals surface area contributed by atoms with Crippen LogP contribution in [0.25, 0.3) is 0 Å². The van der Waals surface area contributed by atoms with Crippen LogP contribution in [0.1, 0.15) is 39.8 Å². The number of nitro benzene ring substituents is 1. The lowest BCUT2D eigenvalue weighted by Gasteiger charge is -2.30. The number of nitrogens with zero attached hydrogens (tertiary/aromatic N) is 4. The van der Waals surface area contributed by atoms with Gasteiger partial charge >= 0.3 is 6.09 Å². The van der Waals surface area contributed by atoms with Crippen molar-refractivity contribution in [1.29, 1.82) is 0 Å². The summed E-state index contributed by atoms with van der Waals surface area (Å²) < 4.78 is 4.96. The lowest BCUT2D eigenvalue weighted by molar-refractivity contribution is -0.384. The Hall–Kier alpha value is -3.45. The number of piperidine rings is 1. The standard InChI is InChI=1S/C22H24N4O5S/c1-3-14-31-22(28)25-12-9-17(10-13-25)20-23-19(15-32-20)21(27)24(2)11-8-16-4-6-18(7-5-16)26(29)30/h1,4-7,15,17H,8-14H2,2H3. The van der Waals surface area contributed by atoms with Crippen LogP contribution in [0.5, 0.6) is 0 Å². The van der Waals surface area contributed by atoms with Gasteiger partial charge in [-0.3, -0.25) is 14.9 Å². The van der Waals surface area contributed by atoms with E-state index in [0.717, 1.165) is 23.4 Å². The summed E-state index contributed by atoms with van der Waals surface area (Å²) in [6.45, 7) is 1.56. The van der Waals surface area contributed by atoms with Crippen molar-refractivity contribution in [1.82, 2.24) is 14.8 Å². The number of thiazole rings is 1. The molecule has 0 bridgehead atoms. The van der Waals surface area contributed by atoms with E-state index in [1.807, 2.05) is 0 Å². The summed E-state index contributed by atoms with van der Waals surface area (Å²) in [5.74, 6) is 2.32. The summed E-state index contributed by atoms with van der Waals surface area (Å²) in [5.41, 5.74) is 1.37. The van der Waals surface area contributed by atoms with Gasteiger partial charge in [0.1, 0.15) is 5.69 Å². The number of rotatable bonds is 7. The van der Waals surface area contributed by atoms with Crippen molar-refractivity contribution in [2.75, 3.05) is 33.3 Å². The normalized spacial score (nSPS) is 13.9. The highest BCUT2D eigenvalue weighted by molar-refractivity contribution is 7.09. The van der Waals surface area contributed by atoms with Crippen molar-refractivity contribution < 1.29 is 19.2 Å². The predicted molar refractivity (Wildman–Crippen MR) is 120 cm³/mol. The molecular weight excluding hydrogens is 432 g/mol. The SMILES string of the molecule is C#CCOC(=O)N1CCC(c2nc(C(=O)N(C)CCc3ccc([N+](=O)[O-])cc3)cs2)CC1. The molecule has 0 aliphatic carbocycles. The molecule has 1 fully saturated rings. The topological polar surface area (TPSA) is 106 Å². The molecule has 0 spiro atoms. The fraction of sp³-hybridized carbons (Fsp3) is 0.409. The molecule has 1 aromatic carbocycles. The van der Waals surface area contributed by atoms with Gasteiger partial charge in [0.15, 0.2) is 6.61 Å². The Kier molecular flexibility index (Phi) is 7.78. The van der Waals surface area contributed by atoms with E-state index in [9.17, 15) is 19.7 Å². The largest absolute Gasteiger partial charge is 0.436 e. The zero-order valence-corrected chi connectivity index (χ0v) is 18.5. The van der Waals surface area contributed by atoms with E-state index in [4.69, 9.17) is 11.2 Å². The molecule has 0 unspecified atom stereocenters. The molecule has 1 aromatic heterocycles. The fourth-order valence-electron chi connectivity index (χ4n) is 3.46. The molecule has 2 amide bonds. The summed E-state index contributed by atoms with van der Waals surface area (Å²) in [7, 11) is 1.72. The van der Waals surface area contributed by atoms with Gasteiger partial charge in [0.05, 0.1) is 9.93 Å². The molecule has 2 aromatic rings. The summed E-state index contributed by atoms with van der Waals surface area (Å²) in [6, 6.07) is 6.33. The van der Waals surface area contributed by atoms with E-state index in [0.29, 0.717) is 31.7 Å². The minimum Gasteiger partial charge on any atom is -0.436 e. The first-order valence-corrected chi connectivity index (χ1v) is 11.1. The first-order valence-electron chi connectivity index (χ1n) is 10.2. The number of amides is 2. The molecule has 1 saturated heterocycles. The number of likely N-dealkylation sites (N-methyl/N-ethyl adjacent to an activating group) is 1. The Morgan fingerprint density at radius 1 is 1.34 bits per heavy atom. The molecule has 0 saturated carbocycles. The third kappa shape index (κ3) is 5.82. The molecule has 0 radical (unpaired) electrons. The number of ether oxygens (including phenoxy) is 1. The van der Waals surface area contributed by atoms with Crippen molar-refractivity contribution in [3.8, 4) is 12.3 Å². The van der Waals surface area contributed by atoms with Crippen LogP contribution in [0.2, 0.25) is 0 Å². The lowest BCUT2D eigenvalue weighted by Crippen LogP contribution is -2.38. The van der Waals surface area contributed by atoms with Crippen LogP contribution in [-0.4, -0.2) is 65.0 Å². The molecule has 10 heteroatoms. The summed E-state index contributed by atoms with van der Waals surface area (Å²) >= 11 is 1.46. The summed E-state index contributed by atoms with van der Waals surface area (Å²) in [5, 5.41) is 13.4. The minimum atomic E-state index is -0.436. The van der Waals surface area contributed by atoms with E-state index >= 15 is 0 Å². The van der Waals surface area contributed by atoms with Crippen LogP contribution in [0.4, 0.5) is 10.5 Å². The van der Waals surface area contributed by atoms with Crippen LogP contribution >= 0.6 is 11.3 Å². The molecule has 32 heavy (non-hydrogen) atoms. The van der Waals surface area contributed by atoms with Crippen LogP contribution in [0.15, 0.2) is 29.6 Å². The molecule has 3 rings (SSSR count). The number of nitro groups is 1. The maximum Gasteiger partial charge on any atom is 0.410 e. The average molecular weight is 457 g/mol. The number of hydrogen-bond acceptors (Lipinski definition) is 7. The number of hydrogen-bond donors (Lipinski definition) is 0. The number of terminal acetylenes is 1. The highest BCUT2D eigenvalue weighted by Gasteiger charge is 2.27. The zero-order valence-electron chi connectivity index (χ0n) is 17.7. The highest BCUT2D eigenvalue weighted by atomic mass is 32.1. The van der Waals surface area contributed by atoms with Crippen molar-refractivity contribution in [2.24, 2.45) is 0 Å². The Bertz CT molecular complexity index is 1010. The van der Waals surface area contributed by atoms with E-state index in [1.165, 1.54) is 23.5 Å². The van der Waals surface area contributed by atoms with Gasteiger partial charge in [-0.1, -0.05) is 18.1 Å². The van der Waals surface area contributed by atoms with E-state index < -0.39 is 11.0 Å². The quantitative estimate of drug-likeness (QED) is 0.359. The Labute approximate surface area is 190 Å². The summed E-state index contributed by atoms with van der Waals surface area (Å²) in [4.78, 5) is 42.7. The van der Waals surface area contributed by atoms with Gasteiger partial charge < -0.3 is 14.5 Å². The van der Waals surface area contributed by atoms with Gasteiger partial charge in [-0.2, -0.15) is 0 Å². The smallest absolute Gasteiger partial charge is 0.410 e. The maximum absolute atomic E-state index is 12.7. The van der Waals surface area contributed by atoms with Crippen molar-refractivity contribution in [2.45, 2.75) is 25.2 Å². The monoisotopic (exact) mass is 456 g/mol. The maximum atomic E-state index is 12.7. The Morgan fingerprint density at radius 2 is 2.03 bits per heavy atom. The third-order valence-electron chi connectivity index (χ3n) is 5.35. The number of carbonyl (C=O) groups is 2. The molecular formula is C22H24N4O5S. The highest BCUT2D eigenvalue weighted by Crippen LogP contribution is 2.30. The number of non-ortho nitro benzene ring substituents is 1. The van der Waals surface area contributed by atoms with Crippen LogP contribution in [0, 0.1) is 22.5 Å². The van der Waals surface area contributed by atoms with Crippen LogP contribution in [0.3, 0.4) is 0 Å². The number of benzene rings is 1. The second-order valence-corrected chi connectivity index (χ2v) is 8.38. The number of aromatic nitrogens is 1. The van der Waals surface area contributed by atoms with Crippen LogP contribution < -0.4 is 0 Å². The lowest BCUT2D eigenvalue weighted by atomic mass is 9.98. The zero-order chi connectivity index (χ0) is 23.1. The van der Waals surface area contributed by atoms with Crippen LogP contribution in [-0.2, 0) is 11.2 Å². The Balaban J connectivity index is 1.50. The average Bonchev–Trinajstić information content (AvgIpc) is 3.31. The van der Waals surface area contributed by atoms with E-state index in [-0.39, 0.29) is 24.1 Å². The third-order valence-corrected chi connectivity index (χ3v) is 6.36. The second-order valence-electron chi connectivity index (χ2n) is 7.49. The molecule has 9 nitrogen and oxygen atoms in total. The van der Waals surface area contributed by atoms with Gasteiger partial charge in [-0.25, -0.2) is 9.78 Å². The molecule has 168 valence electrons. The molecule has 0 atom stereocenters. The predicted octanol–water partition coefficient (Wildman–Crippen LogP) is 3.32. The molecule has 2 heterocycles. The van der Waals surface area contributed by atoms with E-state index in [2.05, 4.69) is 10.9 Å². The number of likely N-dealkylation sites (tertiary alicyclic amines) is 1.